The van der Waals surface area contributed by atoms with Crippen LogP contribution in [-0.2, 0) is 6.54 Å². The minimum absolute atomic E-state index is 0.369. The molecule has 1 unspecified atom stereocenters. The third kappa shape index (κ3) is 4.85. The molecule has 1 atom stereocenters. The molecule has 0 saturated carbocycles. The van der Waals surface area contributed by atoms with Gasteiger partial charge in [-0.3, -0.25) is 4.90 Å². The Morgan fingerprint density at radius 2 is 1.95 bits per heavy atom. The average molecular weight is 289 g/mol. The minimum Gasteiger partial charge on any atom is -0.478 e. The van der Waals surface area contributed by atoms with Crippen LogP contribution >= 0.6 is 0 Å². The molecule has 0 radical (unpaired) electrons. The van der Waals surface area contributed by atoms with Crippen molar-refractivity contribution in [1.29, 1.82) is 0 Å². The van der Waals surface area contributed by atoms with Crippen LogP contribution in [0.2, 0.25) is 0 Å². The number of likely N-dealkylation sites (tertiary alicyclic amines) is 1. The maximum Gasteiger partial charge on any atom is 0.335 e. The number of carboxylic acid groups (broad SMARTS) is 1. The summed E-state index contributed by atoms with van der Waals surface area (Å²) in [6, 6.07) is 8.02. The second-order valence-electron chi connectivity index (χ2n) is 6.61. The van der Waals surface area contributed by atoms with Crippen molar-refractivity contribution in [1.82, 2.24) is 4.90 Å². The lowest BCUT2D eigenvalue weighted by Crippen LogP contribution is -2.35. The zero-order valence-corrected chi connectivity index (χ0v) is 13.2. The van der Waals surface area contributed by atoms with E-state index < -0.39 is 5.97 Å². The van der Waals surface area contributed by atoms with E-state index >= 15 is 0 Å². The summed E-state index contributed by atoms with van der Waals surface area (Å²) in [5.41, 5.74) is 1.59. The molecule has 1 heterocycles. The second kappa shape index (κ2) is 7.60. The lowest BCUT2D eigenvalue weighted by atomic mass is 9.98. The number of benzene rings is 1. The third-order valence-corrected chi connectivity index (χ3v) is 4.33. The normalized spacial score (nSPS) is 20.4. The van der Waals surface area contributed by atoms with Crippen LogP contribution in [0.5, 0.6) is 0 Å². The molecule has 21 heavy (non-hydrogen) atoms. The molecule has 1 aromatic rings. The van der Waals surface area contributed by atoms with Crippen LogP contribution in [0.1, 0.15) is 61.9 Å². The predicted molar refractivity (Wildman–Crippen MR) is 85.5 cm³/mol. The highest BCUT2D eigenvalue weighted by atomic mass is 16.4. The molecule has 1 aliphatic heterocycles. The molecule has 0 spiro atoms. The van der Waals surface area contributed by atoms with Crippen molar-refractivity contribution in [2.24, 2.45) is 5.92 Å². The van der Waals surface area contributed by atoms with E-state index in [1.54, 1.807) is 12.1 Å². The van der Waals surface area contributed by atoms with E-state index in [2.05, 4.69) is 18.7 Å². The van der Waals surface area contributed by atoms with Crippen molar-refractivity contribution >= 4 is 5.97 Å². The lowest BCUT2D eigenvalue weighted by Gasteiger charge is -2.31. The first-order valence-corrected chi connectivity index (χ1v) is 8.12. The van der Waals surface area contributed by atoms with Crippen LogP contribution < -0.4 is 0 Å². The first-order valence-electron chi connectivity index (χ1n) is 8.12. The Bertz CT molecular complexity index is 453. The lowest BCUT2D eigenvalue weighted by molar-refractivity contribution is 0.0697. The number of hydrogen-bond acceptors (Lipinski definition) is 2. The van der Waals surface area contributed by atoms with Crippen molar-refractivity contribution in [3.05, 3.63) is 35.4 Å². The summed E-state index contributed by atoms with van der Waals surface area (Å²) in [4.78, 5) is 13.5. The van der Waals surface area contributed by atoms with Crippen molar-refractivity contribution in [2.45, 2.75) is 58.5 Å². The zero-order valence-electron chi connectivity index (χ0n) is 13.2. The fraction of sp³-hybridized carbons (Fsp3) is 0.611. The van der Waals surface area contributed by atoms with Crippen LogP contribution in [0, 0.1) is 5.92 Å². The van der Waals surface area contributed by atoms with E-state index in [4.69, 9.17) is 5.11 Å². The van der Waals surface area contributed by atoms with Crippen LogP contribution in [-0.4, -0.2) is 28.6 Å². The molecule has 1 N–H and O–H groups in total. The zero-order chi connectivity index (χ0) is 15.2. The summed E-state index contributed by atoms with van der Waals surface area (Å²) in [5, 5.41) is 8.97. The van der Waals surface area contributed by atoms with Gasteiger partial charge in [0.05, 0.1) is 5.56 Å². The van der Waals surface area contributed by atoms with Crippen molar-refractivity contribution in [3.8, 4) is 0 Å². The number of aromatic carboxylic acids is 1. The number of rotatable bonds is 5. The van der Waals surface area contributed by atoms with E-state index in [9.17, 15) is 4.79 Å². The maximum absolute atomic E-state index is 10.9. The largest absolute Gasteiger partial charge is 0.478 e. The molecule has 0 aliphatic carbocycles. The smallest absolute Gasteiger partial charge is 0.335 e. The highest BCUT2D eigenvalue weighted by Crippen LogP contribution is 2.24. The molecule has 0 bridgehead atoms. The third-order valence-electron chi connectivity index (χ3n) is 4.33. The first kappa shape index (κ1) is 16.0. The molecular weight excluding hydrogens is 262 g/mol. The minimum atomic E-state index is -0.853. The van der Waals surface area contributed by atoms with Gasteiger partial charge >= 0.3 is 5.97 Å². The molecule has 3 nitrogen and oxygen atoms in total. The monoisotopic (exact) mass is 289 g/mol. The first-order chi connectivity index (χ1) is 10.1. The highest BCUT2D eigenvalue weighted by Gasteiger charge is 2.21. The van der Waals surface area contributed by atoms with Gasteiger partial charge in [-0.25, -0.2) is 4.79 Å². The fourth-order valence-electron chi connectivity index (χ4n) is 3.24. The Hall–Kier alpha value is -1.35. The molecule has 3 heteroatoms. The molecule has 1 saturated heterocycles. The summed E-state index contributed by atoms with van der Waals surface area (Å²) in [5.74, 6) is -0.126. The second-order valence-corrected chi connectivity index (χ2v) is 6.61. The van der Waals surface area contributed by atoms with E-state index in [1.165, 1.54) is 37.7 Å². The van der Waals surface area contributed by atoms with Gasteiger partial charge < -0.3 is 5.11 Å². The number of hydrogen-bond donors (Lipinski definition) is 1. The van der Waals surface area contributed by atoms with Crippen LogP contribution in [0.4, 0.5) is 0 Å². The highest BCUT2D eigenvalue weighted by molar-refractivity contribution is 5.87. The van der Waals surface area contributed by atoms with Gasteiger partial charge in [-0.1, -0.05) is 38.8 Å². The van der Waals surface area contributed by atoms with Gasteiger partial charge in [0.25, 0.3) is 0 Å². The topological polar surface area (TPSA) is 40.5 Å². The number of carbonyl (C=O) groups is 1. The maximum atomic E-state index is 10.9. The number of carboxylic acids is 1. The van der Waals surface area contributed by atoms with Gasteiger partial charge in [0.1, 0.15) is 0 Å². The summed E-state index contributed by atoms with van der Waals surface area (Å²) >= 11 is 0. The molecule has 2 rings (SSSR count). The molecule has 0 aromatic heterocycles. The van der Waals surface area contributed by atoms with E-state index in [0.29, 0.717) is 11.6 Å². The molecule has 116 valence electrons. The quantitative estimate of drug-likeness (QED) is 0.884. The van der Waals surface area contributed by atoms with Crippen molar-refractivity contribution in [2.75, 3.05) is 6.54 Å². The van der Waals surface area contributed by atoms with Crippen LogP contribution in [0.25, 0.3) is 0 Å². The van der Waals surface area contributed by atoms with Crippen LogP contribution in [0.15, 0.2) is 24.3 Å². The van der Waals surface area contributed by atoms with Crippen LogP contribution in [0.3, 0.4) is 0 Å². The van der Waals surface area contributed by atoms with Gasteiger partial charge in [0, 0.05) is 12.6 Å². The fourth-order valence-corrected chi connectivity index (χ4v) is 3.24. The van der Waals surface area contributed by atoms with E-state index in [1.807, 2.05) is 12.1 Å². The van der Waals surface area contributed by atoms with Crippen molar-refractivity contribution in [3.63, 3.8) is 0 Å². The van der Waals surface area contributed by atoms with E-state index in [0.717, 1.165) is 19.0 Å². The Labute approximate surface area is 128 Å². The van der Waals surface area contributed by atoms with Crippen molar-refractivity contribution < 1.29 is 9.90 Å². The average Bonchev–Trinajstić information content (AvgIpc) is 2.65. The molecular formula is C18H27NO2. The Balaban J connectivity index is 2.04. The van der Waals surface area contributed by atoms with Gasteiger partial charge in [0.15, 0.2) is 0 Å². The molecule has 1 aliphatic rings. The van der Waals surface area contributed by atoms with Gasteiger partial charge in [0.2, 0.25) is 0 Å². The Morgan fingerprint density at radius 1 is 1.24 bits per heavy atom. The standard InChI is InChI=1S/C18H27NO2/c1-14(2)12-17-6-4-3-5-11-19(17)13-15-7-9-16(10-8-15)18(20)21/h7-10,14,17H,3-6,11-13H2,1-2H3,(H,20,21). The van der Waals surface area contributed by atoms with E-state index in [-0.39, 0.29) is 0 Å². The Morgan fingerprint density at radius 3 is 2.57 bits per heavy atom. The number of nitrogens with zero attached hydrogens (tertiary/aromatic N) is 1. The predicted octanol–water partition coefficient (Wildman–Crippen LogP) is 4.18. The molecule has 1 aromatic carbocycles. The summed E-state index contributed by atoms with van der Waals surface area (Å²) in [6.45, 7) is 6.70. The molecule has 1 fully saturated rings. The SMILES string of the molecule is CC(C)CC1CCCCCN1Cc1ccc(C(=O)O)cc1. The van der Waals surface area contributed by atoms with Gasteiger partial charge in [-0.2, -0.15) is 0 Å². The summed E-state index contributed by atoms with van der Waals surface area (Å²) in [6.07, 6.45) is 6.51. The summed E-state index contributed by atoms with van der Waals surface area (Å²) in [7, 11) is 0. The van der Waals surface area contributed by atoms with Gasteiger partial charge in [-0.05, 0) is 49.4 Å². The Kier molecular flexibility index (Phi) is 5.80. The van der Waals surface area contributed by atoms with Gasteiger partial charge in [-0.15, -0.1) is 0 Å². The molecule has 0 amide bonds. The summed E-state index contributed by atoms with van der Waals surface area (Å²) < 4.78 is 0.